The first kappa shape index (κ1) is 10.4. The molecule has 0 radical (unpaired) electrons. The number of rotatable bonds is 3. The van der Waals surface area contributed by atoms with Gasteiger partial charge in [0.05, 0.1) is 12.6 Å². The number of carboxylic acid groups (broad SMARTS) is 1. The third kappa shape index (κ3) is 2.66. The van der Waals surface area contributed by atoms with Gasteiger partial charge in [0, 0.05) is 6.54 Å². The van der Waals surface area contributed by atoms with Gasteiger partial charge < -0.3 is 10.0 Å². The summed E-state index contributed by atoms with van der Waals surface area (Å²) in [6.07, 6.45) is 1.03. The molecule has 2 atom stereocenters. The lowest BCUT2D eigenvalue weighted by molar-refractivity contribution is -0.145. The largest absolute Gasteiger partial charge is 0.481 e. The van der Waals surface area contributed by atoms with Crippen LogP contribution in [0.3, 0.4) is 0 Å². The van der Waals surface area contributed by atoms with E-state index in [-0.39, 0.29) is 11.8 Å². The van der Waals surface area contributed by atoms with E-state index in [1.165, 1.54) is 0 Å². The highest BCUT2D eigenvalue weighted by atomic mass is 19.1. The van der Waals surface area contributed by atoms with Crippen LogP contribution >= 0.6 is 0 Å². The Morgan fingerprint density at radius 1 is 1.69 bits per heavy atom. The smallest absolute Gasteiger partial charge is 0.306 e. The van der Waals surface area contributed by atoms with Crippen LogP contribution in [0.5, 0.6) is 0 Å². The summed E-state index contributed by atoms with van der Waals surface area (Å²) in [5, 5.41) is 8.88. The summed E-state index contributed by atoms with van der Waals surface area (Å²) in [6.45, 7) is 1.10. The molecule has 4 heteroatoms. The second-order valence-corrected chi connectivity index (χ2v) is 3.73. The van der Waals surface area contributed by atoms with Gasteiger partial charge in [-0.25, -0.2) is 0 Å². The predicted octanol–water partition coefficient (Wildman–Crippen LogP) is 0.998. The molecule has 0 aromatic rings. The molecule has 0 aromatic carbocycles. The van der Waals surface area contributed by atoms with Gasteiger partial charge in [-0.05, 0) is 32.4 Å². The Kier molecular flexibility index (Phi) is 3.66. The van der Waals surface area contributed by atoms with Gasteiger partial charge in [-0.2, -0.15) is 0 Å². The second-order valence-electron chi connectivity index (χ2n) is 3.73. The summed E-state index contributed by atoms with van der Waals surface area (Å²) in [4.78, 5) is 12.9. The van der Waals surface area contributed by atoms with Crippen molar-refractivity contribution >= 4 is 5.97 Å². The van der Waals surface area contributed by atoms with Crippen molar-refractivity contribution in [2.24, 2.45) is 11.8 Å². The summed E-state index contributed by atoms with van der Waals surface area (Å²) < 4.78 is 12.1. The second kappa shape index (κ2) is 4.56. The van der Waals surface area contributed by atoms with Gasteiger partial charge in [-0.3, -0.25) is 9.18 Å². The molecule has 2 unspecified atom stereocenters. The van der Waals surface area contributed by atoms with Gasteiger partial charge in [-0.15, -0.1) is 0 Å². The van der Waals surface area contributed by atoms with E-state index in [9.17, 15) is 9.18 Å². The fraction of sp³-hybridized carbons (Fsp3) is 0.889. The van der Waals surface area contributed by atoms with Gasteiger partial charge in [0.2, 0.25) is 0 Å². The molecule has 1 aliphatic heterocycles. The highest BCUT2D eigenvalue weighted by molar-refractivity contribution is 5.70. The average molecular weight is 189 g/mol. The molecule has 0 spiro atoms. The first-order chi connectivity index (χ1) is 6.15. The lowest BCUT2D eigenvalue weighted by atomic mass is 9.84. The minimum atomic E-state index is -0.772. The van der Waals surface area contributed by atoms with Crippen LogP contribution in [-0.2, 0) is 4.79 Å². The minimum Gasteiger partial charge on any atom is -0.481 e. The first-order valence-electron chi connectivity index (χ1n) is 4.62. The number of halogens is 1. The van der Waals surface area contributed by atoms with E-state index in [0.29, 0.717) is 19.4 Å². The molecule has 76 valence electrons. The maximum Gasteiger partial charge on any atom is 0.306 e. The fourth-order valence-corrected chi connectivity index (χ4v) is 1.97. The molecule has 1 heterocycles. The number of carbonyl (C=O) groups is 1. The summed E-state index contributed by atoms with van der Waals surface area (Å²) in [6, 6.07) is 0. The van der Waals surface area contributed by atoms with Crippen LogP contribution in [-0.4, -0.2) is 42.8 Å². The molecule has 1 saturated heterocycles. The van der Waals surface area contributed by atoms with Gasteiger partial charge >= 0.3 is 5.97 Å². The van der Waals surface area contributed by atoms with Crippen molar-refractivity contribution in [3.05, 3.63) is 0 Å². The summed E-state index contributed by atoms with van der Waals surface area (Å²) >= 11 is 0. The lowest BCUT2D eigenvalue weighted by Crippen LogP contribution is -2.41. The third-order valence-electron chi connectivity index (χ3n) is 2.73. The number of alkyl halides is 1. The molecule has 3 nitrogen and oxygen atoms in total. The van der Waals surface area contributed by atoms with Crippen molar-refractivity contribution in [1.82, 2.24) is 4.90 Å². The molecule has 1 aliphatic rings. The Balaban J connectivity index is 2.55. The van der Waals surface area contributed by atoms with Crippen molar-refractivity contribution < 1.29 is 14.3 Å². The van der Waals surface area contributed by atoms with Crippen molar-refractivity contribution in [3.8, 4) is 0 Å². The van der Waals surface area contributed by atoms with Crippen LogP contribution < -0.4 is 0 Å². The Morgan fingerprint density at radius 3 is 2.92 bits per heavy atom. The summed E-state index contributed by atoms with van der Waals surface area (Å²) in [7, 11) is 1.95. The number of nitrogens with zero attached hydrogens (tertiary/aromatic N) is 1. The van der Waals surface area contributed by atoms with Gasteiger partial charge in [0.25, 0.3) is 0 Å². The topological polar surface area (TPSA) is 40.5 Å². The van der Waals surface area contributed by atoms with Crippen LogP contribution in [0.2, 0.25) is 0 Å². The van der Waals surface area contributed by atoms with E-state index in [2.05, 4.69) is 4.90 Å². The third-order valence-corrected chi connectivity index (χ3v) is 2.73. The quantitative estimate of drug-likeness (QED) is 0.720. The zero-order valence-corrected chi connectivity index (χ0v) is 7.87. The van der Waals surface area contributed by atoms with Gasteiger partial charge in [0.15, 0.2) is 0 Å². The zero-order chi connectivity index (χ0) is 9.84. The Hall–Kier alpha value is -0.640. The van der Waals surface area contributed by atoms with Crippen LogP contribution in [0.4, 0.5) is 4.39 Å². The molecular weight excluding hydrogens is 173 g/mol. The van der Waals surface area contributed by atoms with Crippen LogP contribution in [0, 0.1) is 11.8 Å². The Labute approximate surface area is 77.5 Å². The number of likely N-dealkylation sites (tertiary alicyclic amines) is 1. The lowest BCUT2D eigenvalue weighted by Gasteiger charge is -2.34. The summed E-state index contributed by atoms with van der Waals surface area (Å²) in [5.41, 5.74) is 0. The molecular formula is C9H16FNO2. The zero-order valence-electron chi connectivity index (χ0n) is 7.87. The monoisotopic (exact) mass is 189 g/mol. The molecule has 1 N–H and O–H groups in total. The maximum atomic E-state index is 12.1. The molecule has 0 aliphatic carbocycles. The number of piperidine rings is 1. The number of hydrogen-bond acceptors (Lipinski definition) is 2. The maximum absolute atomic E-state index is 12.1. The van der Waals surface area contributed by atoms with E-state index < -0.39 is 12.6 Å². The van der Waals surface area contributed by atoms with Crippen molar-refractivity contribution in [2.75, 3.05) is 26.8 Å². The normalized spacial score (nSPS) is 30.3. The highest BCUT2D eigenvalue weighted by Crippen LogP contribution is 2.25. The van der Waals surface area contributed by atoms with Crippen molar-refractivity contribution in [3.63, 3.8) is 0 Å². The van der Waals surface area contributed by atoms with E-state index in [1.807, 2.05) is 7.05 Å². The molecule has 0 bridgehead atoms. The Morgan fingerprint density at radius 2 is 2.38 bits per heavy atom. The molecule has 0 aromatic heterocycles. The molecule has 0 amide bonds. The van der Waals surface area contributed by atoms with Gasteiger partial charge in [-0.1, -0.05) is 0 Å². The SMILES string of the molecule is CN1CCC(C(=O)O)C(CCF)C1. The number of hydrogen-bond donors (Lipinski definition) is 1. The van der Waals surface area contributed by atoms with Crippen LogP contribution in [0.25, 0.3) is 0 Å². The van der Waals surface area contributed by atoms with Crippen LogP contribution in [0.1, 0.15) is 12.8 Å². The fourth-order valence-electron chi connectivity index (χ4n) is 1.97. The summed E-state index contributed by atoms with van der Waals surface area (Å²) in [5.74, 6) is -1.13. The molecule has 13 heavy (non-hydrogen) atoms. The number of carboxylic acids is 1. The van der Waals surface area contributed by atoms with Gasteiger partial charge in [0.1, 0.15) is 0 Å². The standard InChI is InChI=1S/C9H16FNO2/c1-11-5-3-8(9(12)13)7(6-11)2-4-10/h7-8H,2-6H2,1H3,(H,12,13). The first-order valence-corrected chi connectivity index (χ1v) is 4.62. The van der Waals surface area contributed by atoms with Crippen molar-refractivity contribution in [2.45, 2.75) is 12.8 Å². The number of aliphatic carboxylic acids is 1. The van der Waals surface area contributed by atoms with E-state index in [0.717, 1.165) is 6.54 Å². The highest BCUT2D eigenvalue weighted by Gasteiger charge is 2.32. The van der Waals surface area contributed by atoms with E-state index in [4.69, 9.17) is 5.11 Å². The molecule has 1 fully saturated rings. The molecule has 0 saturated carbocycles. The Bertz CT molecular complexity index is 186. The van der Waals surface area contributed by atoms with Crippen LogP contribution in [0.15, 0.2) is 0 Å². The predicted molar refractivity (Wildman–Crippen MR) is 47.3 cm³/mol. The van der Waals surface area contributed by atoms with E-state index in [1.54, 1.807) is 0 Å². The minimum absolute atomic E-state index is 0.0127. The van der Waals surface area contributed by atoms with E-state index >= 15 is 0 Å². The average Bonchev–Trinajstić information content (AvgIpc) is 2.04. The van der Waals surface area contributed by atoms with Crippen molar-refractivity contribution in [1.29, 1.82) is 0 Å². The molecule has 1 rings (SSSR count).